The second kappa shape index (κ2) is 5.32. The van der Waals surface area contributed by atoms with Crippen molar-refractivity contribution in [1.29, 1.82) is 0 Å². The van der Waals surface area contributed by atoms with Gasteiger partial charge >= 0.3 is 0 Å². The van der Waals surface area contributed by atoms with Crippen molar-refractivity contribution < 1.29 is 9.13 Å². The first-order valence-corrected chi connectivity index (χ1v) is 6.09. The number of thiocarbonyl (C=S) groups is 1. The zero-order chi connectivity index (χ0) is 14.0. The molecule has 0 radical (unpaired) electrons. The zero-order valence-electron chi connectivity index (χ0n) is 10.6. The number of rotatable bonds is 3. The van der Waals surface area contributed by atoms with Crippen LogP contribution >= 0.6 is 12.2 Å². The molecule has 5 heteroatoms. The lowest BCUT2D eigenvalue weighted by molar-refractivity contribution is 0.453. The van der Waals surface area contributed by atoms with Crippen molar-refractivity contribution in [3.05, 3.63) is 53.0 Å². The van der Waals surface area contributed by atoms with Crippen LogP contribution < -0.4 is 10.5 Å². The molecule has 1 heterocycles. The van der Waals surface area contributed by atoms with E-state index < -0.39 is 0 Å². The number of pyridine rings is 1. The van der Waals surface area contributed by atoms with Crippen LogP contribution in [-0.4, -0.2) is 9.97 Å². The Morgan fingerprint density at radius 2 is 2.00 bits per heavy atom. The molecule has 1 aromatic carbocycles. The Bertz CT molecular complexity index is 643. The molecular weight excluding hydrogens is 263 g/mol. The molecular formula is C14H13FN2OS. The van der Waals surface area contributed by atoms with E-state index in [1.54, 1.807) is 18.3 Å². The largest absolute Gasteiger partial charge is 0.438 e. The van der Waals surface area contributed by atoms with E-state index >= 15 is 0 Å². The van der Waals surface area contributed by atoms with Gasteiger partial charge in [-0.25, -0.2) is 9.37 Å². The van der Waals surface area contributed by atoms with Crippen LogP contribution in [0.25, 0.3) is 0 Å². The van der Waals surface area contributed by atoms with Crippen molar-refractivity contribution in [1.82, 2.24) is 4.98 Å². The Hall–Kier alpha value is -2.01. The Balaban J connectivity index is 2.46. The number of halogens is 1. The minimum atomic E-state index is -0.370. The summed E-state index contributed by atoms with van der Waals surface area (Å²) in [5.74, 6) is 0.321. The Morgan fingerprint density at radius 1 is 1.26 bits per heavy atom. The van der Waals surface area contributed by atoms with Crippen LogP contribution in [0.4, 0.5) is 4.39 Å². The standard InChI is InChI=1S/C14H13FN2OS/c1-8-3-4-10(15)7-11(8)18-14-12(13(16)19)9(2)5-6-17-14/h3-7H,1-2H3,(H2,16,19). The summed E-state index contributed by atoms with van der Waals surface area (Å²) in [6, 6.07) is 6.11. The maximum absolute atomic E-state index is 13.2. The molecule has 2 aromatic rings. The molecule has 0 saturated heterocycles. The lowest BCUT2D eigenvalue weighted by Crippen LogP contribution is -2.13. The van der Waals surface area contributed by atoms with E-state index in [0.717, 1.165) is 11.1 Å². The van der Waals surface area contributed by atoms with E-state index in [0.29, 0.717) is 17.2 Å². The third kappa shape index (κ3) is 2.88. The minimum absolute atomic E-state index is 0.203. The predicted molar refractivity (Wildman–Crippen MR) is 76.1 cm³/mol. The summed E-state index contributed by atoms with van der Waals surface area (Å²) in [4.78, 5) is 4.32. The molecule has 0 fully saturated rings. The van der Waals surface area contributed by atoms with Gasteiger partial charge in [0.25, 0.3) is 0 Å². The summed E-state index contributed by atoms with van der Waals surface area (Å²) >= 11 is 5.00. The van der Waals surface area contributed by atoms with Gasteiger partial charge in [-0.15, -0.1) is 0 Å². The molecule has 0 spiro atoms. The van der Waals surface area contributed by atoms with Gasteiger partial charge in [-0.1, -0.05) is 18.3 Å². The number of benzene rings is 1. The van der Waals surface area contributed by atoms with Gasteiger partial charge in [0.2, 0.25) is 5.88 Å². The fourth-order valence-electron chi connectivity index (χ4n) is 1.70. The average molecular weight is 276 g/mol. The van der Waals surface area contributed by atoms with E-state index in [2.05, 4.69) is 4.98 Å². The van der Waals surface area contributed by atoms with Crippen molar-refractivity contribution in [2.24, 2.45) is 5.73 Å². The fourth-order valence-corrected chi connectivity index (χ4v) is 1.95. The second-order valence-electron chi connectivity index (χ2n) is 4.18. The van der Waals surface area contributed by atoms with Gasteiger partial charge in [-0.05, 0) is 37.1 Å². The lowest BCUT2D eigenvalue weighted by Gasteiger charge is -2.12. The first-order valence-electron chi connectivity index (χ1n) is 5.68. The predicted octanol–water partition coefficient (Wildman–Crippen LogP) is 3.26. The van der Waals surface area contributed by atoms with Crippen molar-refractivity contribution in [2.45, 2.75) is 13.8 Å². The van der Waals surface area contributed by atoms with Gasteiger partial charge in [0.15, 0.2) is 0 Å². The fraction of sp³-hybridized carbons (Fsp3) is 0.143. The average Bonchev–Trinajstić information content (AvgIpc) is 2.33. The topological polar surface area (TPSA) is 48.1 Å². The number of ether oxygens (including phenoxy) is 1. The SMILES string of the molecule is Cc1ccc(F)cc1Oc1nccc(C)c1C(N)=S. The molecule has 0 unspecified atom stereocenters. The number of hydrogen-bond donors (Lipinski definition) is 1. The van der Waals surface area contributed by atoms with Crippen LogP contribution in [0.3, 0.4) is 0 Å². The van der Waals surface area contributed by atoms with Gasteiger partial charge in [-0.3, -0.25) is 0 Å². The zero-order valence-corrected chi connectivity index (χ0v) is 11.4. The van der Waals surface area contributed by atoms with Gasteiger partial charge in [-0.2, -0.15) is 0 Å². The van der Waals surface area contributed by atoms with E-state index in [9.17, 15) is 4.39 Å². The quantitative estimate of drug-likeness (QED) is 0.874. The molecule has 0 atom stereocenters. The number of aromatic nitrogens is 1. The number of hydrogen-bond acceptors (Lipinski definition) is 3. The molecule has 0 aliphatic carbocycles. The van der Waals surface area contributed by atoms with E-state index in [1.807, 2.05) is 13.8 Å². The number of nitrogens with two attached hydrogens (primary N) is 1. The molecule has 0 amide bonds. The molecule has 2 N–H and O–H groups in total. The molecule has 0 saturated carbocycles. The molecule has 0 aliphatic heterocycles. The highest BCUT2D eigenvalue weighted by Gasteiger charge is 2.13. The summed E-state index contributed by atoms with van der Waals surface area (Å²) in [5.41, 5.74) is 7.92. The molecule has 2 rings (SSSR count). The molecule has 0 aliphatic rings. The lowest BCUT2D eigenvalue weighted by atomic mass is 10.1. The van der Waals surface area contributed by atoms with E-state index in [-0.39, 0.29) is 10.8 Å². The number of nitrogens with zero attached hydrogens (tertiary/aromatic N) is 1. The Labute approximate surface area is 116 Å². The van der Waals surface area contributed by atoms with Crippen LogP contribution in [0.1, 0.15) is 16.7 Å². The van der Waals surface area contributed by atoms with Gasteiger partial charge in [0, 0.05) is 12.3 Å². The minimum Gasteiger partial charge on any atom is -0.438 e. The first-order chi connectivity index (χ1) is 8.99. The highest BCUT2D eigenvalue weighted by molar-refractivity contribution is 7.80. The van der Waals surface area contributed by atoms with E-state index in [4.69, 9.17) is 22.7 Å². The monoisotopic (exact) mass is 276 g/mol. The Morgan fingerprint density at radius 3 is 2.68 bits per heavy atom. The maximum Gasteiger partial charge on any atom is 0.229 e. The summed E-state index contributed by atoms with van der Waals surface area (Å²) in [6.07, 6.45) is 1.60. The van der Waals surface area contributed by atoms with Crippen LogP contribution in [0.5, 0.6) is 11.6 Å². The van der Waals surface area contributed by atoms with Crippen molar-refractivity contribution in [3.63, 3.8) is 0 Å². The summed E-state index contributed by atoms with van der Waals surface area (Å²) in [7, 11) is 0. The maximum atomic E-state index is 13.2. The number of aryl methyl sites for hydroxylation is 2. The summed E-state index contributed by atoms with van der Waals surface area (Å²) in [6.45, 7) is 3.69. The van der Waals surface area contributed by atoms with E-state index in [1.165, 1.54) is 12.1 Å². The summed E-state index contributed by atoms with van der Waals surface area (Å²) in [5, 5.41) is 0. The van der Waals surface area contributed by atoms with Gasteiger partial charge in [0.05, 0.1) is 5.56 Å². The van der Waals surface area contributed by atoms with Crippen molar-refractivity contribution >= 4 is 17.2 Å². The van der Waals surface area contributed by atoms with Crippen LogP contribution in [0.15, 0.2) is 30.5 Å². The van der Waals surface area contributed by atoms with Crippen LogP contribution in [0.2, 0.25) is 0 Å². The van der Waals surface area contributed by atoms with Gasteiger partial charge < -0.3 is 10.5 Å². The second-order valence-corrected chi connectivity index (χ2v) is 4.62. The molecule has 3 nitrogen and oxygen atoms in total. The molecule has 19 heavy (non-hydrogen) atoms. The Kier molecular flexibility index (Phi) is 3.76. The first kappa shape index (κ1) is 13.4. The smallest absolute Gasteiger partial charge is 0.229 e. The highest BCUT2D eigenvalue weighted by Crippen LogP contribution is 2.28. The third-order valence-corrected chi connectivity index (χ3v) is 2.93. The van der Waals surface area contributed by atoms with Crippen molar-refractivity contribution in [2.75, 3.05) is 0 Å². The molecule has 98 valence electrons. The van der Waals surface area contributed by atoms with Gasteiger partial charge in [0.1, 0.15) is 16.6 Å². The van der Waals surface area contributed by atoms with Crippen LogP contribution in [-0.2, 0) is 0 Å². The van der Waals surface area contributed by atoms with Crippen molar-refractivity contribution in [3.8, 4) is 11.6 Å². The highest BCUT2D eigenvalue weighted by atomic mass is 32.1. The third-order valence-electron chi connectivity index (χ3n) is 2.73. The summed E-state index contributed by atoms with van der Waals surface area (Å²) < 4.78 is 18.9. The normalized spacial score (nSPS) is 10.3. The molecule has 0 bridgehead atoms. The molecule has 1 aromatic heterocycles. The van der Waals surface area contributed by atoms with Crippen LogP contribution in [0, 0.1) is 19.7 Å².